The van der Waals surface area contributed by atoms with Gasteiger partial charge in [0.2, 0.25) is 0 Å². The number of carbonyl (C=O) groups excluding carboxylic acids is 1. The molecule has 8 aromatic rings. The van der Waals surface area contributed by atoms with Crippen molar-refractivity contribution in [1.82, 2.24) is 0 Å². The van der Waals surface area contributed by atoms with E-state index in [1.165, 1.54) is 68.4 Å². The van der Waals surface area contributed by atoms with Crippen LogP contribution in [0.1, 0.15) is 22.3 Å². The number of fused-ring (bicyclic) bond motifs is 8. The zero-order chi connectivity index (χ0) is 33.6. The molecule has 3 nitrogen and oxygen atoms in total. The second-order valence-corrected chi connectivity index (χ2v) is 16.3. The van der Waals surface area contributed by atoms with Crippen LogP contribution in [0.25, 0.3) is 30.9 Å². The van der Waals surface area contributed by atoms with E-state index < -0.39 is 0 Å². The molecule has 0 radical (unpaired) electrons. The molecule has 3 aliphatic heterocycles. The van der Waals surface area contributed by atoms with Crippen LogP contribution in [0.2, 0.25) is 0 Å². The van der Waals surface area contributed by atoms with Crippen LogP contribution in [-0.2, 0) is 0 Å². The van der Waals surface area contributed by atoms with Crippen molar-refractivity contribution in [1.29, 1.82) is 0 Å². The molecule has 0 atom stereocenters. The molecule has 2 aromatic heterocycles. The quantitative estimate of drug-likeness (QED) is 0.173. The Kier molecular flexibility index (Phi) is 5.74. The third kappa shape index (κ3) is 3.49. The normalized spacial score (nSPS) is 14.3. The van der Waals surface area contributed by atoms with Crippen molar-refractivity contribution in [2.75, 3.05) is 9.80 Å². The van der Waals surface area contributed by atoms with Crippen LogP contribution in [0.4, 0.5) is 27.5 Å². The molecule has 0 saturated heterocycles. The fourth-order valence-corrected chi connectivity index (χ4v) is 12.1. The number of anilines is 4. The fourth-order valence-electron chi connectivity index (χ4n) is 9.44. The highest BCUT2D eigenvalue weighted by atomic mass is 32.1. The van der Waals surface area contributed by atoms with E-state index in [0.717, 1.165) is 38.9 Å². The van der Waals surface area contributed by atoms with Crippen molar-refractivity contribution < 1.29 is 4.79 Å². The zero-order valence-electron chi connectivity index (χ0n) is 28.2. The average Bonchev–Trinajstić information content (AvgIpc) is 3.69. The summed E-state index contributed by atoms with van der Waals surface area (Å²) in [5.74, 6) is 0. The van der Waals surface area contributed by atoms with Gasteiger partial charge in [-0.25, -0.2) is 4.79 Å². The molecule has 2 amide bonds. The van der Waals surface area contributed by atoms with Gasteiger partial charge in [0.25, 0.3) is 13.4 Å². The van der Waals surface area contributed by atoms with E-state index in [-0.39, 0.29) is 19.5 Å². The number of benzene rings is 6. The van der Waals surface area contributed by atoms with Crippen molar-refractivity contribution in [3.63, 3.8) is 0 Å². The highest BCUT2D eigenvalue weighted by Gasteiger charge is 2.50. The summed E-state index contributed by atoms with van der Waals surface area (Å²) in [5, 5.41) is 4.62. The lowest BCUT2D eigenvalue weighted by molar-refractivity contribution is 0.255. The van der Waals surface area contributed by atoms with Gasteiger partial charge in [-0.05, 0) is 56.1 Å². The molecular formula is C43H30B2N2OS2. The van der Waals surface area contributed by atoms with Gasteiger partial charge in [-0.2, -0.15) is 0 Å². The minimum absolute atomic E-state index is 0.00761. The van der Waals surface area contributed by atoms with Gasteiger partial charge >= 0.3 is 6.03 Å². The molecule has 6 aromatic carbocycles. The van der Waals surface area contributed by atoms with Crippen LogP contribution >= 0.6 is 22.7 Å². The van der Waals surface area contributed by atoms with Gasteiger partial charge in [0.15, 0.2) is 0 Å². The van der Waals surface area contributed by atoms with E-state index in [1.54, 1.807) is 0 Å². The van der Waals surface area contributed by atoms with Gasteiger partial charge < -0.3 is 0 Å². The summed E-state index contributed by atoms with van der Waals surface area (Å²) in [5.41, 5.74) is 14.4. The Labute approximate surface area is 299 Å². The first-order valence-corrected chi connectivity index (χ1v) is 18.9. The standard InChI is InChI=1S/C43H30B2N2OS2/c1-23-11-9-12-24(2)35(23)44-30-21-19-27-20-22-31-40-34(27)39(30)46(37-28-15-5-7-17-32(28)49-41(37)44)43(48)47(40)38-29-16-6-8-18-33(29)50-42(38)45(31)36-25(3)13-10-14-26(36)4/h5-22H,1-4H3. The Hall–Kier alpha value is -5.10. The lowest BCUT2D eigenvalue weighted by Crippen LogP contribution is -2.64. The second-order valence-electron chi connectivity index (χ2n) is 14.2. The van der Waals surface area contributed by atoms with E-state index in [2.05, 4.69) is 147 Å². The van der Waals surface area contributed by atoms with Crippen LogP contribution < -0.4 is 41.2 Å². The molecule has 0 bridgehead atoms. The van der Waals surface area contributed by atoms with Crippen LogP contribution in [0.5, 0.6) is 0 Å². The lowest BCUT2D eigenvalue weighted by Gasteiger charge is -2.45. The lowest BCUT2D eigenvalue weighted by atomic mass is 9.35. The minimum Gasteiger partial charge on any atom is -0.261 e. The molecule has 236 valence electrons. The van der Waals surface area contributed by atoms with E-state index >= 15 is 4.79 Å². The highest BCUT2D eigenvalue weighted by molar-refractivity contribution is 7.34. The van der Waals surface area contributed by atoms with Gasteiger partial charge in [0.1, 0.15) is 0 Å². The van der Waals surface area contributed by atoms with Crippen molar-refractivity contribution in [2.24, 2.45) is 0 Å². The Morgan fingerprint density at radius 1 is 0.480 bits per heavy atom. The summed E-state index contributed by atoms with van der Waals surface area (Å²) in [6, 6.07) is 39.8. The van der Waals surface area contributed by atoms with Crippen LogP contribution in [0.3, 0.4) is 0 Å². The van der Waals surface area contributed by atoms with Crippen LogP contribution in [-0.4, -0.2) is 19.5 Å². The molecule has 0 N–H and O–H groups in total. The van der Waals surface area contributed by atoms with E-state index in [9.17, 15) is 0 Å². The second kappa shape index (κ2) is 10.00. The Balaban J connectivity index is 1.33. The van der Waals surface area contributed by atoms with Gasteiger partial charge in [0.05, 0.1) is 22.7 Å². The van der Waals surface area contributed by atoms with Crippen molar-refractivity contribution in [3.05, 3.63) is 131 Å². The molecule has 7 heteroatoms. The van der Waals surface area contributed by atoms with Crippen LogP contribution in [0.15, 0.2) is 109 Å². The zero-order valence-corrected chi connectivity index (χ0v) is 29.8. The van der Waals surface area contributed by atoms with Crippen LogP contribution in [0, 0.1) is 27.7 Å². The number of urea groups is 1. The number of hydrogen-bond acceptors (Lipinski definition) is 3. The summed E-state index contributed by atoms with van der Waals surface area (Å²) in [6.07, 6.45) is 0. The molecule has 0 spiro atoms. The molecule has 0 fully saturated rings. The summed E-state index contributed by atoms with van der Waals surface area (Å²) in [6.45, 7) is 8.99. The van der Waals surface area contributed by atoms with E-state index in [1.807, 2.05) is 22.7 Å². The molecule has 11 rings (SSSR count). The number of thiophene rings is 2. The monoisotopic (exact) mass is 676 g/mol. The van der Waals surface area contributed by atoms with Gasteiger partial charge in [-0.3, -0.25) is 9.80 Å². The predicted molar refractivity (Wildman–Crippen MR) is 218 cm³/mol. The van der Waals surface area contributed by atoms with Crippen molar-refractivity contribution in [3.8, 4) is 0 Å². The molecule has 0 unspecified atom stereocenters. The predicted octanol–water partition coefficient (Wildman–Crippen LogP) is 7.57. The highest BCUT2D eigenvalue weighted by Crippen LogP contribution is 2.51. The smallest absolute Gasteiger partial charge is 0.261 e. The van der Waals surface area contributed by atoms with Gasteiger partial charge in [-0.1, -0.05) is 130 Å². The first-order valence-electron chi connectivity index (χ1n) is 17.3. The summed E-state index contributed by atoms with van der Waals surface area (Å²) in [4.78, 5) is 20.0. The number of aryl methyl sites for hydroxylation is 4. The number of carbonyl (C=O) groups is 1. The van der Waals surface area contributed by atoms with Gasteiger partial charge in [-0.15, -0.1) is 22.7 Å². The van der Waals surface area contributed by atoms with Crippen molar-refractivity contribution >= 4 is 127 Å². The summed E-state index contributed by atoms with van der Waals surface area (Å²) in [7, 11) is 0. The Morgan fingerprint density at radius 3 is 1.34 bits per heavy atom. The molecular weight excluding hydrogens is 646 g/mol. The molecule has 5 heterocycles. The maximum atomic E-state index is 15.8. The number of hydrogen-bond donors (Lipinski definition) is 0. The first kappa shape index (κ1) is 28.7. The van der Waals surface area contributed by atoms with E-state index in [0.29, 0.717) is 0 Å². The molecule has 0 aliphatic carbocycles. The third-order valence-electron chi connectivity index (χ3n) is 11.5. The molecule has 3 aliphatic rings. The van der Waals surface area contributed by atoms with Crippen molar-refractivity contribution in [2.45, 2.75) is 27.7 Å². The summed E-state index contributed by atoms with van der Waals surface area (Å²) >= 11 is 3.67. The number of amides is 2. The molecule has 50 heavy (non-hydrogen) atoms. The topological polar surface area (TPSA) is 23.6 Å². The fraction of sp³-hybridized carbons (Fsp3) is 0.0930. The Bertz CT molecular complexity index is 2610. The Morgan fingerprint density at radius 2 is 0.900 bits per heavy atom. The number of nitrogens with zero attached hydrogens (tertiary/aromatic N) is 2. The minimum atomic E-state index is 0.00761. The largest absolute Gasteiger partial charge is 0.338 e. The number of rotatable bonds is 2. The summed E-state index contributed by atoms with van der Waals surface area (Å²) < 4.78 is 4.90. The maximum Gasteiger partial charge on any atom is 0.338 e. The third-order valence-corrected chi connectivity index (χ3v) is 13.9. The van der Waals surface area contributed by atoms with Gasteiger partial charge in [0, 0.05) is 35.1 Å². The first-order chi connectivity index (χ1) is 24.4. The average molecular weight is 676 g/mol. The maximum absolute atomic E-state index is 15.8. The molecule has 0 saturated carbocycles. The van der Waals surface area contributed by atoms with E-state index in [4.69, 9.17) is 0 Å². The SMILES string of the molecule is Cc1cccc(C)c1B1c2ccc3ccc4c5c3c2N(C(=O)N5c2c(sc3ccccc23)B4c2c(C)cccc2C)c2c1sc1ccccc21.